The monoisotopic (exact) mass is 267 g/mol. The average Bonchev–Trinajstić information content (AvgIpc) is 3.02. The SMILES string of the molecule is c1ccc(OC(CC2CCCN2)c2ccccc2)cc1. The molecule has 0 aliphatic carbocycles. The van der Waals surface area contributed by atoms with E-state index in [2.05, 4.69) is 35.6 Å². The highest BCUT2D eigenvalue weighted by Gasteiger charge is 2.22. The van der Waals surface area contributed by atoms with Gasteiger partial charge < -0.3 is 10.1 Å². The topological polar surface area (TPSA) is 21.3 Å². The number of hydrogen-bond acceptors (Lipinski definition) is 2. The van der Waals surface area contributed by atoms with Gasteiger partial charge in [0.2, 0.25) is 0 Å². The van der Waals surface area contributed by atoms with Crippen LogP contribution >= 0.6 is 0 Å². The first-order valence-electron chi connectivity index (χ1n) is 7.42. The molecule has 0 saturated carbocycles. The smallest absolute Gasteiger partial charge is 0.125 e. The lowest BCUT2D eigenvalue weighted by atomic mass is 10.0. The van der Waals surface area contributed by atoms with E-state index in [1.165, 1.54) is 18.4 Å². The van der Waals surface area contributed by atoms with Crippen LogP contribution < -0.4 is 10.1 Å². The van der Waals surface area contributed by atoms with E-state index < -0.39 is 0 Å². The van der Waals surface area contributed by atoms with E-state index in [-0.39, 0.29) is 6.10 Å². The van der Waals surface area contributed by atoms with E-state index in [9.17, 15) is 0 Å². The van der Waals surface area contributed by atoms with Gasteiger partial charge in [-0.15, -0.1) is 0 Å². The first kappa shape index (κ1) is 13.2. The summed E-state index contributed by atoms with van der Waals surface area (Å²) in [6, 6.07) is 21.2. The van der Waals surface area contributed by atoms with Crippen molar-refractivity contribution >= 4 is 0 Å². The molecule has 2 aromatic rings. The third kappa shape index (κ3) is 3.40. The number of rotatable bonds is 5. The molecule has 1 saturated heterocycles. The van der Waals surface area contributed by atoms with Gasteiger partial charge in [0.15, 0.2) is 0 Å². The summed E-state index contributed by atoms with van der Waals surface area (Å²) in [5, 5.41) is 3.56. The van der Waals surface area contributed by atoms with Gasteiger partial charge in [-0.2, -0.15) is 0 Å². The van der Waals surface area contributed by atoms with E-state index in [0.717, 1.165) is 18.7 Å². The summed E-state index contributed by atoms with van der Waals surface area (Å²) < 4.78 is 6.22. The molecule has 0 aromatic heterocycles. The predicted octanol–water partition coefficient (Wildman–Crippen LogP) is 3.95. The molecular weight excluding hydrogens is 246 g/mol. The van der Waals surface area contributed by atoms with Crippen molar-refractivity contribution in [1.82, 2.24) is 5.32 Å². The van der Waals surface area contributed by atoms with E-state index in [1.54, 1.807) is 0 Å². The van der Waals surface area contributed by atoms with Gasteiger partial charge in [-0.05, 0) is 37.1 Å². The Morgan fingerprint density at radius 3 is 2.35 bits per heavy atom. The fraction of sp³-hybridized carbons (Fsp3) is 0.333. The van der Waals surface area contributed by atoms with Crippen molar-refractivity contribution < 1.29 is 4.74 Å². The molecule has 0 spiro atoms. The molecule has 2 atom stereocenters. The fourth-order valence-corrected chi connectivity index (χ4v) is 2.80. The number of para-hydroxylation sites is 1. The summed E-state index contributed by atoms with van der Waals surface area (Å²) in [5.41, 5.74) is 1.25. The molecule has 1 heterocycles. The zero-order valence-corrected chi connectivity index (χ0v) is 11.7. The summed E-state index contributed by atoms with van der Waals surface area (Å²) in [5.74, 6) is 0.944. The zero-order chi connectivity index (χ0) is 13.6. The number of nitrogens with one attached hydrogen (secondary N) is 1. The molecule has 1 aliphatic heterocycles. The minimum absolute atomic E-state index is 0.120. The van der Waals surface area contributed by atoms with Crippen LogP contribution in [0.2, 0.25) is 0 Å². The Hall–Kier alpha value is -1.80. The lowest BCUT2D eigenvalue weighted by molar-refractivity contribution is 0.181. The molecule has 104 valence electrons. The predicted molar refractivity (Wildman–Crippen MR) is 81.9 cm³/mol. The Labute approximate surface area is 120 Å². The Morgan fingerprint density at radius 1 is 1.00 bits per heavy atom. The van der Waals surface area contributed by atoms with Gasteiger partial charge in [0.1, 0.15) is 11.9 Å². The van der Waals surface area contributed by atoms with E-state index in [0.29, 0.717) is 6.04 Å². The van der Waals surface area contributed by atoms with Crippen molar-refractivity contribution in [3.63, 3.8) is 0 Å². The first-order chi connectivity index (χ1) is 9.92. The Kier molecular flexibility index (Phi) is 4.34. The van der Waals surface area contributed by atoms with Gasteiger partial charge in [0.25, 0.3) is 0 Å². The highest BCUT2D eigenvalue weighted by molar-refractivity contribution is 5.24. The van der Waals surface area contributed by atoms with Crippen LogP contribution in [0.25, 0.3) is 0 Å². The molecule has 3 rings (SSSR count). The Balaban J connectivity index is 1.76. The molecule has 0 amide bonds. The molecule has 1 fully saturated rings. The molecule has 20 heavy (non-hydrogen) atoms. The minimum Gasteiger partial charge on any atom is -0.486 e. The molecule has 0 radical (unpaired) electrons. The average molecular weight is 267 g/mol. The molecule has 2 unspecified atom stereocenters. The molecule has 2 heteroatoms. The molecule has 1 N–H and O–H groups in total. The maximum Gasteiger partial charge on any atom is 0.125 e. The van der Waals surface area contributed by atoms with E-state index in [4.69, 9.17) is 4.74 Å². The second-order valence-electron chi connectivity index (χ2n) is 5.36. The normalized spacial score (nSPS) is 19.7. The van der Waals surface area contributed by atoms with Crippen LogP contribution in [0.1, 0.15) is 30.9 Å². The quantitative estimate of drug-likeness (QED) is 0.885. The van der Waals surface area contributed by atoms with Crippen molar-refractivity contribution in [3.8, 4) is 5.75 Å². The van der Waals surface area contributed by atoms with E-state index >= 15 is 0 Å². The number of hydrogen-bond donors (Lipinski definition) is 1. The third-order valence-corrected chi connectivity index (χ3v) is 3.85. The van der Waals surface area contributed by atoms with Crippen LogP contribution in [0, 0.1) is 0 Å². The summed E-state index contributed by atoms with van der Waals surface area (Å²) >= 11 is 0. The maximum atomic E-state index is 6.22. The third-order valence-electron chi connectivity index (χ3n) is 3.85. The number of ether oxygens (including phenoxy) is 1. The molecule has 1 aliphatic rings. The van der Waals surface area contributed by atoms with Crippen LogP contribution in [0.3, 0.4) is 0 Å². The van der Waals surface area contributed by atoms with Gasteiger partial charge in [-0.25, -0.2) is 0 Å². The maximum absolute atomic E-state index is 6.22. The van der Waals surface area contributed by atoms with Crippen molar-refractivity contribution in [2.75, 3.05) is 6.54 Å². The number of benzene rings is 2. The summed E-state index contributed by atoms with van der Waals surface area (Å²) in [7, 11) is 0. The molecule has 2 nitrogen and oxygen atoms in total. The Morgan fingerprint density at radius 2 is 1.70 bits per heavy atom. The largest absolute Gasteiger partial charge is 0.486 e. The van der Waals surface area contributed by atoms with Crippen molar-refractivity contribution in [1.29, 1.82) is 0 Å². The van der Waals surface area contributed by atoms with Gasteiger partial charge in [0, 0.05) is 12.5 Å². The van der Waals surface area contributed by atoms with Crippen molar-refractivity contribution in [2.24, 2.45) is 0 Å². The Bertz CT molecular complexity index is 505. The lowest BCUT2D eigenvalue weighted by Crippen LogP contribution is -2.25. The van der Waals surface area contributed by atoms with Gasteiger partial charge in [0.05, 0.1) is 0 Å². The van der Waals surface area contributed by atoms with Crippen LogP contribution in [-0.4, -0.2) is 12.6 Å². The molecule has 0 bridgehead atoms. The summed E-state index contributed by atoms with van der Waals surface area (Å²) in [4.78, 5) is 0. The summed E-state index contributed by atoms with van der Waals surface area (Å²) in [6.45, 7) is 1.14. The van der Waals surface area contributed by atoms with Gasteiger partial charge in [-0.1, -0.05) is 48.5 Å². The second kappa shape index (κ2) is 6.58. The van der Waals surface area contributed by atoms with Gasteiger partial charge >= 0.3 is 0 Å². The fourth-order valence-electron chi connectivity index (χ4n) is 2.80. The van der Waals surface area contributed by atoms with Crippen LogP contribution in [0.15, 0.2) is 60.7 Å². The molecular formula is C18H21NO. The lowest BCUT2D eigenvalue weighted by Gasteiger charge is -2.23. The summed E-state index contributed by atoms with van der Waals surface area (Å²) in [6.07, 6.45) is 3.67. The zero-order valence-electron chi connectivity index (χ0n) is 11.7. The first-order valence-corrected chi connectivity index (χ1v) is 7.42. The van der Waals surface area contributed by atoms with Crippen LogP contribution in [0.4, 0.5) is 0 Å². The molecule has 2 aromatic carbocycles. The minimum atomic E-state index is 0.120. The van der Waals surface area contributed by atoms with Crippen molar-refractivity contribution in [3.05, 3.63) is 66.2 Å². The standard InChI is InChI=1S/C18H21NO/c1-3-8-15(9-4-1)18(14-16-10-7-13-19-16)20-17-11-5-2-6-12-17/h1-6,8-9,11-12,16,18-19H,7,10,13-14H2. The second-order valence-corrected chi connectivity index (χ2v) is 5.36. The highest BCUT2D eigenvalue weighted by Crippen LogP contribution is 2.27. The van der Waals surface area contributed by atoms with Crippen LogP contribution in [-0.2, 0) is 0 Å². The van der Waals surface area contributed by atoms with Crippen molar-refractivity contribution in [2.45, 2.75) is 31.4 Å². The van der Waals surface area contributed by atoms with Gasteiger partial charge in [-0.3, -0.25) is 0 Å². The highest BCUT2D eigenvalue weighted by atomic mass is 16.5. The van der Waals surface area contributed by atoms with Crippen LogP contribution in [0.5, 0.6) is 5.75 Å². The van der Waals surface area contributed by atoms with E-state index in [1.807, 2.05) is 30.3 Å².